The van der Waals surface area contributed by atoms with Crippen molar-refractivity contribution in [2.45, 2.75) is 44.7 Å². The van der Waals surface area contributed by atoms with Crippen molar-refractivity contribution in [2.24, 2.45) is 0 Å². The molecule has 25 heavy (non-hydrogen) atoms. The van der Waals surface area contributed by atoms with Gasteiger partial charge in [0.2, 0.25) is 0 Å². The maximum atomic E-state index is 11.8. The minimum Gasteiger partial charge on any atom is -0.491 e. The second-order valence-corrected chi connectivity index (χ2v) is 6.43. The van der Waals surface area contributed by atoms with Crippen molar-refractivity contribution in [3.05, 3.63) is 29.8 Å². The van der Waals surface area contributed by atoms with Crippen molar-refractivity contribution < 1.29 is 34.0 Å². The Labute approximate surface area is 147 Å². The van der Waals surface area contributed by atoms with Crippen LogP contribution in [0.3, 0.4) is 0 Å². The lowest BCUT2D eigenvalue weighted by atomic mass is 10.1. The summed E-state index contributed by atoms with van der Waals surface area (Å²) in [5, 5.41) is 18.0. The smallest absolute Gasteiger partial charge is 0.306 e. The number of aryl methyl sites for hydroxylation is 1. The van der Waals surface area contributed by atoms with Gasteiger partial charge < -0.3 is 29.2 Å². The van der Waals surface area contributed by atoms with Crippen LogP contribution in [0.15, 0.2) is 24.3 Å². The predicted octanol–water partition coefficient (Wildman–Crippen LogP) is 1.05. The summed E-state index contributed by atoms with van der Waals surface area (Å²) in [4.78, 5) is 11.8. The zero-order valence-corrected chi connectivity index (χ0v) is 14.6. The normalized spacial score (nSPS) is 20.2. The molecule has 7 nitrogen and oxygen atoms in total. The van der Waals surface area contributed by atoms with Gasteiger partial charge in [0.25, 0.3) is 0 Å². The Bertz CT molecular complexity index is 541. The Morgan fingerprint density at radius 3 is 2.68 bits per heavy atom. The van der Waals surface area contributed by atoms with Crippen molar-refractivity contribution in [1.29, 1.82) is 0 Å². The first-order valence-electron chi connectivity index (χ1n) is 8.36. The topological polar surface area (TPSA) is 94.5 Å². The van der Waals surface area contributed by atoms with E-state index in [1.165, 1.54) is 0 Å². The van der Waals surface area contributed by atoms with E-state index in [2.05, 4.69) is 0 Å². The Morgan fingerprint density at radius 2 is 2.08 bits per heavy atom. The van der Waals surface area contributed by atoms with E-state index in [9.17, 15) is 9.90 Å². The molecule has 1 aromatic rings. The van der Waals surface area contributed by atoms with Crippen LogP contribution in [0.25, 0.3) is 0 Å². The SMILES string of the molecule is CC1(C)OC[C@@H](COC(=O)CCc2ccc(OC[C@H](O)CO)cc2)O1. The van der Waals surface area contributed by atoms with Crippen LogP contribution in [-0.4, -0.2) is 60.6 Å². The number of carbonyl (C=O) groups is 1. The molecule has 0 spiro atoms. The highest BCUT2D eigenvalue weighted by molar-refractivity contribution is 5.69. The number of aliphatic hydroxyl groups is 2. The van der Waals surface area contributed by atoms with E-state index < -0.39 is 11.9 Å². The fourth-order valence-electron chi connectivity index (χ4n) is 2.35. The highest BCUT2D eigenvalue weighted by Crippen LogP contribution is 2.22. The van der Waals surface area contributed by atoms with E-state index in [1.807, 2.05) is 26.0 Å². The van der Waals surface area contributed by atoms with E-state index in [1.54, 1.807) is 12.1 Å². The van der Waals surface area contributed by atoms with Gasteiger partial charge in [0.05, 0.1) is 13.2 Å². The Balaban J connectivity index is 1.66. The molecule has 0 aromatic heterocycles. The third-order valence-corrected chi connectivity index (χ3v) is 3.69. The molecule has 0 saturated carbocycles. The number of aliphatic hydroxyl groups excluding tert-OH is 2. The van der Waals surface area contributed by atoms with Gasteiger partial charge in [-0.05, 0) is 38.0 Å². The number of rotatable bonds is 9. The lowest BCUT2D eigenvalue weighted by Crippen LogP contribution is -2.25. The molecule has 1 aromatic carbocycles. The molecular weight excluding hydrogens is 328 g/mol. The van der Waals surface area contributed by atoms with Crippen LogP contribution in [0.1, 0.15) is 25.8 Å². The second-order valence-electron chi connectivity index (χ2n) is 6.43. The fraction of sp³-hybridized carbons (Fsp3) is 0.611. The molecule has 0 radical (unpaired) electrons. The van der Waals surface area contributed by atoms with Crippen LogP contribution < -0.4 is 4.74 Å². The maximum Gasteiger partial charge on any atom is 0.306 e. The minimum absolute atomic E-state index is 0.0337. The lowest BCUT2D eigenvalue weighted by Gasteiger charge is -2.17. The maximum absolute atomic E-state index is 11.8. The number of benzene rings is 1. The molecule has 0 amide bonds. The minimum atomic E-state index is -0.894. The largest absolute Gasteiger partial charge is 0.491 e. The second kappa shape index (κ2) is 9.15. The Hall–Kier alpha value is -1.67. The highest BCUT2D eigenvalue weighted by atomic mass is 16.7. The fourth-order valence-corrected chi connectivity index (χ4v) is 2.35. The van der Waals surface area contributed by atoms with Gasteiger partial charge in [-0.1, -0.05) is 12.1 Å². The molecule has 1 saturated heterocycles. The molecule has 1 aliphatic rings. The molecule has 7 heteroatoms. The summed E-state index contributed by atoms with van der Waals surface area (Å²) < 4.78 is 21.5. The first-order chi connectivity index (χ1) is 11.9. The van der Waals surface area contributed by atoms with E-state index in [4.69, 9.17) is 24.1 Å². The monoisotopic (exact) mass is 354 g/mol. The van der Waals surface area contributed by atoms with Gasteiger partial charge in [-0.15, -0.1) is 0 Å². The van der Waals surface area contributed by atoms with Crippen LogP contribution in [0.4, 0.5) is 0 Å². The van der Waals surface area contributed by atoms with Gasteiger partial charge in [0.15, 0.2) is 5.79 Å². The zero-order chi connectivity index (χ0) is 18.3. The van der Waals surface area contributed by atoms with E-state index in [0.29, 0.717) is 18.8 Å². The Kier molecular flexibility index (Phi) is 7.19. The number of hydrogen-bond donors (Lipinski definition) is 2. The molecule has 0 bridgehead atoms. The number of carbonyl (C=O) groups excluding carboxylic acids is 1. The molecule has 140 valence electrons. The summed E-state index contributed by atoms with van der Waals surface area (Å²) in [6, 6.07) is 7.22. The number of hydrogen-bond acceptors (Lipinski definition) is 7. The summed E-state index contributed by atoms with van der Waals surface area (Å²) in [5.41, 5.74) is 0.980. The van der Waals surface area contributed by atoms with Crippen molar-refractivity contribution in [3.63, 3.8) is 0 Å². The average molecular weight is 354 g/mol. The molecule has 2 atom stereocenters. The average Bonchev–Trinajstić information content (AvgIpc) is 2.95. The molecular formula is C18H26O7. The lowest BCUT2D eigenvalue weighted by molar-refractivity contribution is -0.158. The molecule has 1 fully saturated rings. The molecule has 2 rings (SSSR count). The Morgan fingerprint density at radius 1 is 1.36 bits per heavy atom. The molecule has 0 unspecified atom stereocenters. The van der Waals surface area contributed by atoms with E-state index >= 15 is 0 Å². The third kappa shape index (κ3) is 6.99. The van der Waals surface area contributed by atoms with Crippen LogP contribution in [0.2, 0.25) is 0 Å². The predicted molar refractivity (Wildman–Crippen MR) is 89.2 cm³/mol. The van der Waals surface area contributed by atoms with Crippen LogP contribution in [-0.2, 0) is 25.4 Å². The van der Waals surface area contributed by atoms with Crippen LogP contribution >= 0.6 is 0 Å². The quantitative estimate of drug-likeness (QED) is 0.640. The molecule has 1 heterocycles. The van der Waals surface area contributed by atoms with Gasteiger partial charge in [-0.3, -0.25) is 4.79 Å². The van der Waals surface area contributed by atoms with E-state index in [0.717, 1.165) is 5.56 Å². The van der Waals surface area contributed by atoms with Crippen LogP contribution in [0, 0.1) is 0 Å². The third-order valence-electron chi connectivity index (χ3n) is 3.69. The summed E-state index contributed by atoms with van der Waals surface area (Å²) >= 11 is 0. The van der Waals surface area contributed by atoms with Gasteiger partial charge in [-0.2, -0.15) is 0 Å². The zero-order valence-electron chi connectivity index (χ0n) is 14.6. The summed E-state index contributed by atoms with van der Waals surface area (Å²) in [7, 11) is 0. The highest BCUT2D eigenvalue weighted by Gasteiger charge is 2.33. The summed E-state index contributed by atoms with van der Waals surface area (Å²) in [6.07, 6.45) is -0.273. The first kappa shape index (κ1) is 19.7. The van der Waals surface area contributed by atoms with Crippen LogP contribution in [0.5, 0.6) is 5.75 Å². The molecule has 0 aliphatic carbocycles. The molecule has 2 N–H and O–H groups in total. The van der Waals surface area contributed by atoms with E-state index in [-0.39, 0.29) is 38.3 Å². The van der Waals surface area contributed by atoms with Gasteiger partial charge in [-0.25, -0.2) is 0 Å². The number of esters is 1. The van der Waals surface area contributed by atoms with Gasteiger partial charge in [0.1, 0.15) is 31.2 Å². The standard InChI is InChI=1S/C18H26O7/c1-18(2)24-12-16(25-18)11-23-17(21)8-5-13-3-6-15(7-4-13)22-10-14(20)9-19/h3-4,6-7,14,16,19-20H,5,8-12H2,1-2H3/t14-,16-/m1/s1. The van der Waals surface area contributed by atoms with Crippen molar-refractivity contribution in [3.8, 4) is 5.75 Å². The van der Waals surface area contributed by atoms with Crippen molar-refractivity contribution in [1.82, 2.24) is 0 Å². The summed E-state index contributed by atoms with van der Waals surface area (Å²) in [5.74, 6) is -0.298. The van der Waals surface area contributed by atoms with Gasteiger partial charge in [0, 0.05) is 6.42 Å². The van der Waals surface area contributed by atoms with Crippen molar-refractivity contribution >= 4 is 5.97 Å². The summed E-state index contributed by atoms with van der Waals surface area (Å²) in [6.45, 7) is 3.97. The van der Waals surface area contributed by atoms with Gasteiger partial charge >= 0.3 is 5.97 Å². The molecule has 1 aliphatic heterocycles. The first-order valence-corrected chi connectivity index (χ1v) is 8.36. The number of ether oxygens (including phenoxy) is 4. The van der Waals surface area contributed by atoms with Crippen molar-refractivity contribution in [2.75, 3.05) is 26.4 Å².